The molecule has 0 aromatic heterocycles. The summed E-state index contributed by atoms with van der Waals surface area (Å²) < 4.78 is 19.8. The van der Waals surface area contributed by atoms with Gasteiger partial charge in [0.25, 0.3) is 0 Å². The molecule has 0 unspecified atom stereocenters. The Balaban J connectivity index is 2.01. The highest BCUT2D eigenvalue weighted by Crippen LogP contribution is 2.42. The van der Waals surface area contributed by atoms with Crippen LogP contribution < -0.4 is 4.74 Å². The van der Waals surface area contributed by atoms with Crippen molar-refractivity contribution in [1.82, 2.24) is 0 Å². The lowest BCUT2D eigenvalue weighted by atomic mass is 9.71. The zero-order chi connectivity index (χ0) is 11.6. The van der Waals surface area contributed by atoms with Crippen LogP contribution in [0.5, 0.6) is 5.75 Å². The summed E-state index contributed by atoms with van der Waals surface area (Å²) in [6.45, 7) is 0.589. The molecule has 1 aliphatic carbocycles. The van der Waals surface area contributed by atoms with E-state index in [9.17, 15) is 4.39 Å². The maximum absolute atomic E-state index is 13.4. The molecule has 16 heavy (non-hydrogen) atoms. The predicted octanol–water partition coefficient (Wildman–Crippen LogP) is 4.53. The number of benzene rings is 1. The first-order valence-corrected chi connectivity index (χ1v) is 7.20. The number of halogens is 3. The van der Waals surface area contributed by atoms with Crippen molar-refractivity contribution in [2.75, 3.05) is 11.9 Å². The second-order valence-electron chi connectivity index (χ2n) is 4.35. The summed E-state index contributed by atoms with van der Waals surface area (Å²) in [6.07, 6.45) is 3.57. The SMILES string of the molecule is Fc1ccc(Br)cc1OCC1(CBr)CCC1. The quantitative estimate of drug-likeness (QED) is 0.724. The number of hydrogen-bond acceptors (Lipinski definition) is 1. The lowest BCUT2D eigenvalue weighted by Gasteiger charge is -2.39. The van der Waals surface area contributed by atoms with Crippen LogP contribution in [-0.4, -0.2) is 11.9 Å². The highest BCUT2D eigenvalue weighted by molar-refractivity contribution is 9.10. The summed E-state index contributed by atoms with van der Waals surface area (Å²) >= 11 is 6.82. The van der Waals surface area contributed by atoms with Crippen molar-refractivity contribution in [3.63, 3.8) is 0 Å². The minimum absolute atomic E-state index is 0.217. The maximum atomic E-state index is 13.4. The zero-order valence-corrected chi connectivity index (χ0v) is 12.0. The van der Waals surface area contributed by atoms with Gasteiger partial charge in [0.1, 0.15) is 0 Å². The van der Waals surface area contributed by atoms with Gasteiger partial charge in [0.15, 0.2) is 11.6 Å². The van der Waals surface area contributed by atoms with E-state index in [1.54, 1.807) is 12.1 Å². The molecule has 0 saturated heterocycles. The van der Waals surface area contributed by atoms with Crippen LogP contribution in [0.4, 0.5) is 4.39 Å². The fourth-order valence-corrected chi connectivity index (χ4v) is 2.87. The lowest BCUT2D eigenvalue weighted by Crippen LogP contribution is -2.37. The van der Waals surface area contributed by atoms with Gasteiger partial charge < -0.3 is 4.74 Å². The lowest BCUT2D eigenvalue weighted by molar-refractivity contribution is 0.0813. The molecule has 0 spiro atoms. The summed E-state index contributed by atoms with van der Waals surface area (Å²) in [5.74, 6) is 0.0360. The molecule has 0 radical (unpaired) electrons. The average Bonchev–Trinajstić information content (AvgIpc) is 2.22. The maximum Gasteiger partial charge on any atom is 0.165 e. The van der Waals surface area contributed by atoms with Crippen LogP contribution in [0.2, 0.25) is 0 Å². The van der Waals surface area contributed by atoms with Crippen LogP contribution in [0.3, 0.4) is 0 Å². The van der Waals surface area contributed by atoms with E-state index in [0.717, 1.165) is 22.6 Å². The molecule has 88 valence electrons. The molecular weight excluding hydrogens is 339 g/mol. The van der Waals surface area contributed by atoms with Crippen molar-refractivity contribution in [3.05, 3.63) is 28.5 Å². The first-order chi connectivity index (χ1) is 7.65. The van der Waals surface area contributed by atoms with Crippen molar-refractivity contribution >= 4 is 31.9 Å². The third kappa shape index (κ3) is 2.59. The molecule has 1 aromatic carbocycles. The Hall–Kier alpha value is -0.0900. The molecular formula is C12H13Br2FO. The van der Waals surface area contributed by atoms with Gasteiger partial charge in [-0.1, -0.05) is 38.3 Å². The summed E-state index contributed by atoms with van der Waals surface area (Å²) in [6, 6.07) is 4.77. The van der Waals surface area contributed by atoms with Crippen LogP contribution in [0.1, 0.15) is 19.3 Å². The monoisotopic (exact) mass is 350 g/mol. The molecule has 0 atom stereocenters. The van der Waals surface area contributed by atoms with Crippen molar-refractivity contribution in [2.45, 2.75) is 19.3 Å². The van der Waals surface area contributed by atoms with E-state index < -0.39 is 0 Å². The van der Waals surface area contributed by atoms with Gasteiger partial charge in [0.05, 0.1) is 6.61 Å². The van der Waals surface area contributed by atoms with Gasteiger partial charge in [-0.15, -0.1) is 0 Å². The fourth-order valence-electron chi connectivity index (χ4n) is 1.81. The number of ether oxygens (including phenoxy) is 1. The molecule has 1 aromatic rings. The van der Waals surface area contributed by atoms with Crippen molar-refractivity contribution in [1.29, 1.82) is 0 Å². The topological polar surface area (TPSA) is 9.23 Å². The highest BCUT2D eigenvalue weighted by atomic mass is 79.9. The van der Waals surface area contributed by atoms with E-state index in [0.29, 0.717) is 12.4 Å². The predicted molar refractivity (Wildman–Crippen MR) is 69.7 cm³/mol. The van der Waals surface area contributed by atoms with Crippen LogP contribution in [0.25, 0.3) is 0 Å². The van der Waals surface area contributed by atoms with E-state index in [-0.39, 0.29) is 11.2 Å². The summed E-state index contributed by atoms with van der Waals surface area (Å²) in [7, 11) is 0. The van der Waals surface area contributed by atoms with E-state index in [1.807, 2.05) is 0 Å². The van der Waals surface area contributed by atoms with Crippen LogP contribution in [0, 0.1) is 11.2 Å². The van der Waals surface area contributed by atoms with Crippen LogP contribution in [-0.2, 0) is 0 Å². The molecule has 0 aliphatic heterocycles. The Morgan fingerprint density at radius 1 is 1.38 bits per heavy atom. The van der Waals surface area contributed by atoms with Crippen LogP contribution >= 0.6 is 31.9 Å². The summed E-state index contributed by atoms with van der Waals surface area (Å²) in [5.41, 5.74) is 0.217. The average molecular weight is 352 g/mol. The van der Waals surface area contributed by atoms with Gasteiger partial charge in [-0.25, -0.2) is 4.39 Å². The normalized spacial score (nSPS) is 17.9. The van der Waals surface area contributed by atoms with Gasteiger partial charge in [-0.3, -0.25) is 0 Å². The van der Waals surface area contributed by atoms with E-state index >= 15 is 0 Å². The van der Waals surface area contributed by atoms with Gasteiger partial charge in [0.2, 0.25) is 0 Å². The van der Waals surface area contributed by atoms with Crippen molar-refractivity contribution in [3.8, 4) is 5.75 Å². The minimum atomic E-state index is -0.299. The third-order valence-corrected chi connectivity index (χ3v) is 4.81. The largest absolute Gasteiger partial charge is 0.490 e. The molecule has 2 rings (SSSR count). The van der Waals surface area contributed by atoms with Crippen LogP contribution in [0.15, 0.2) is 22.7 Å². The molecule has 1 nitrogen and oxygen atoms in total. The first-order valence-electron chi connectivity index (χ1n) is 5.29. The molecule has 0 N–H and O–H groups in total. The van der Waals surface area contributed by atoms with E-state index in [2.05, 4.69) is 31.9 Å². The fraction of sp³-hybridized carbons (Fsp3) is 0.500. The molecule has 0 bridgehead atoms. The minimum Gasteiger partial charge on any atom is -0.490 e. The number of hydrogen-bond donors (Lipinski definition) is 0. The number of rotatable bonds is 4. The van der Waals surface area contributed by atoms with Gasteiger partial charge in [-0.2, -0.15) is 0 Å². The molecule has 0 heterocycles. The van der Waals surface area contributed by atoms with E-state index in [1.165, 1.54) is 12.5 Å². The number of alkyl halides is 1. The van der Waals surface area contributed by atoms with Crippen molar-refractivity contribution < 1.29 is 9.13 Å². The molecule has 1 aliphatic rings. The molecule has 1 saturated carbocycles. The van der Waals surface area contributed by atoms with Gasteiger partial charge >= 0.3 is 0 Å². The molecule has 0 amide bonds. The Morgan fingerprint density at radius 3 is 2.69 bits per heavy atom. The smallest absolute Gasteiger partial charge is 0.165 e. The Labute approximate surface area is 112 Å². The van der Waals surface area contributed by atoms with Crippen molar-refractivity contribution in [2.24, 2.45) is 5.41 Å². The third-order valence-electron chi connectivity index (χ3n) is 3.12. The first kappa shape index (κ1) is 12.4. The second kappa shape index (κ2) is 5.05. The standard InChI is InChI=1S/C12H13Br2FO/c13-7-12(4-1-5-12)8-16-11-6-9(14)2-3-10(11)15/h2-3,6H,1,4-5,7-8H2. The summed E-state index contributed by atoms with van der Waals surface area (Å²) in [4.78, 5) is 0. The Bertz CT molecular complexity index is 372. The van der Waals surface area contributed by atoms with E-state index in [4.69, 9.17) is 4.74 Å². The zero-order valence-electron chi connectivity index (χ0n) is 8.81. The second-order valence-corrected chi connectivity index (χ2v) is 5.83. The van der Waals surface area contributed by atoms with Gasteiger partial charge in [-0.05, 0) is 31.0 Å². The Morgan fingerprint density at radius 2 is 2.12 bits per heavy atom. The molecule has 4 heteroatoms. The molecule has 1 fully saturated rings. The summed E-state index contributed by atoms with van der Waals surface area (Å²) in [5, 5.41) is 0.926. The van der Waals surface area contributed by atoms with Gasteiger partial charge in [0, 0.05) is 15.2 Å². The Kier molecular flexibility index (Phi) is 3.90. The highest BCUT2D eigenvalue weighted by Gasteiger charge is 2.36.